The first-order chi connectivity index (χ1) is 23.3. The van der Waals surface area contributed by atoms with E-state index < -0.39 is 0 Å². The Labute approximate surface area is 277 Å². The highest BCUT2D eigenvalue weighted by Gasteiger charge is 2.15. The van der Waals surface area contributed by atoms with E-state index in [1.807, 2.05) is 6.92 Å². The molecule has 0 N–H and O–H groups in total. The van der Waals surface area contributed by atoms with E-state index >= 15 is 0 Å². The molecule has 0 heterocycles. The number of para-hydroxylation sites is 2. The molecule has 226 valence electrons. The third-order valence-electron chi connectivity index (χ3n) is 8.39. The van der Waals surface area contributed by atoms with Crippen LogP contribution in [-0.4, -0.2) is 0 Å². The summed E-state index contributed by atoms with van der Waals surface area (Å²) in [5, 5.41) is 4.78. The highest BCUT2D eigenvalue weighted by atomic mass is 15.1. The second-order valence-corrected chi connectivity index (χ2v) is 11.4. The Morgan fingerprint density at radius 2 is 0.936 bits per heavy atom. The lowest BCUT2D eigenvalue weighted by molar-refractivity contribution is 1.30. The summed E-state index contributed by atoms with van der Waals surface area (Å²) in [5.74, 6) is 0. The lowest BCUT2D eigenvalue weighted by Gasteiger charge is -2.27. The maximum atomic E-state index is 2.34. The van der Waals surface area contributed by atoms with Gasteiger partial charge in [-0.2, -0.15) is 0 Å². The van der Waals surface area contributed by atoms with Crippen LogP contribution < -0.4 is 20.2 Å². The van der Waals surface area contributed by atoms with E-state index in [9.17, 15) is 0 Å². The molecule has 0 aromatic heterocycles. The molecule has 0 saturated carbocycles. The molecule has 7 aromatic rings. The molecule has 0 aliphatic heterocycles. The van der Waals surface area contributed by atoms with Crippen molar-refractivity contribution in [3.05, 3.63) is 199 Å². The van der Waals surface area contributed by atoms with Crippen LogP contribution in [0.25, 0.3) is 34.2 Å². The van der Waals surface area contributed by atoms with E-state index in [-0.39, 0.29) is 0 Å². The van der Waals surface area contributed by atoms with Crippen LogP contribution in [0.5, 0.6) is 0 Å². The average Bonchev–Trinajstić information content (AvgIpc) is 3.15. The molecule has 2 nitrogen and oxygen atoms in total. The Morgan fingerprint density at radius 1 is 0.426 bits per heavy atom. The van der Waals surface area contributed by atoms with Gasteiger partial charge >= 0.3 is 0 Å². The van der Waals surface area contributed by atoms with Crippen LogP contribution in [0.4, 0.5) is 28.4 Å². The van der Waals surface area contributed by atoms with Crippen LogP contribution in [0.1, 0.15) is 6.92 Å². The van der Waals surface area contributed by atoms with Gasteiger partial charge in [0.1, 0.15) is 0 Å². The molecule has 7 rings (SSSR count). The van der Waals surface area contributed by atoms with Crippen molar-refractivity contribution in [1.82, 2.24) is 0 Å². The van der Waals surface area contributed by atoms with Crippen molar-refractivity contribution in [2.45, 2.75) is 6.92 Å². The molecule has 0 fully saturated rings. The fraction of sp³-hybridized carbons (Fsp3) is 0.0222. The smallest absolute Gasteiger partial charge is 0.0540 e. The molecule has 0 atom stereocenters. The molecule has 7 aromatic carbocycles. The number of benzene rings is 7. The van der Waals surface area contributed by atoms with Gasteiger partial charge in [0, 0.05) is 34.3 Å². The van der Waals surface area contributed by atoms with Crippen molar-refractivity contribution in [1.29, 1.82) is 0 Å². The minimum atomic E-state index is 1.10. The Bertz CT molecular complexity index is 2230. The van der Waals surface area contributed by atoms with Gasteiger partial charge in [0.2, 0.25) is 0 Å². The molecule has 0 saturated heterocycles. The molecule has 0 spiro atoms. The van der Waals surface area contributed by atoms with Gasteiger partial charge in [-0.3, -0.25) is 0 Å². The van der Waals surface area contributed by atoms with E-state index in [0.717, 1.165) is 33.7 Å². The summed E-state index contributed by atoms with van der Waals surface area (Å²) < 4.78 is 0. The molecule has 0 bridgehead atoms. The maximum Gasteiger partial charge on any atom is 0.0540 e. The van der Waals surface area contributed by atoms with Crippen molar-refractivity contribution in [3.63, 3.8) is 0 Å². The van der Waals surface area contributed by atoms with E-state index in [2.05, 4.69) is 210 Å². The molecule has 47 heavy (non-hydrogen) atoms. The monoisotopic (exact) mass is 604 g/mol. The zero-order chi connectivity index (χ0) is 31.8. The summed E-state index contributed by atoms with van der Waals surface area (Å²) in [7, 11) is 0. The van der Waals surface area contributed by atoms with Crippen LogP contribution in [0.2, 0.25) is 0 Å². The summed E-state index contributed by atoms with van der Waals surface area (Å²) in [6, 6.07) is 62.4. The number of rotatable bonds is 8. The minimum Gasteiger partial charge on any atom is -0.317 e. The van der Waals surface area contributed by atoms with Crippen LogP contribution >= 0.6 is 0 Å². The summed E-state index contributed by atoms with van der Waals surface area (Å²) >= 11 is 0. The quantitative estimate of drug-likeness (QED) is 0.170. The molecule has 2 heteroatoms. The summed E-state index contributed by atoms with van der Waals surface area (Å²) in [5.41, 5.74) is 7.96. The van der Waals surface area contributed by atoms with Gasteiger partial charge in [-0.05, 0) is 88.5 Å². The fourth-order valence-electron chi connectivity index (χ4n) is 6.03. The second-order valence-electron chi connectivity index (χ2n) is 11.4. The van der Waals surface area contributed by atoms with E-state index in [4.69, 9.17) is 0 Å². The van der Waals surface area contributed by atoms with Crippen LogP contribution in [0, 0.1) is 0 Å². The van der Waals surface area contributed by atoms with E-state index in [1.165, 1.54) is 27.1 Å². The van der Waals surface area contributed by atoms with Gasteiger partial charge < -0.3 is 9.80 Å². The first-order valence-corrected chi connectivity index (χ1v) is 16.1. The van der Waals surface area contributed by atoms with Gasteiger partial charge in [0.25, 0.3) is 0 Å². The van der Waals surface area contributed by atoms with E-state index in [0.29, 0.717) is 0 Å². The highest BCUT2D eigenvalue weighted by Crippen LogP contribution is 2.39. The SMILES string of the molecule is C\C=C/C=c1/cccc/c1=C\N(c1ccccc1)c1ccc(-c2ccc(N(c3ccccc3)c3cccc4ccccc34)cc2)cc1. The number of anilines is 5. The lowest BCUT2D eigenvalue weighted by atomic mass is 10.0. The molecule has 0 aliphatic rings. The Kier molecular flexibility index (Phi) is 8.74. The highest BCUT2D eigenvalue weighted by molar-refractivity contribution is 5.99. The van der Waals surface area contributed by atoms with Crippen LogP contribution in [0.15, 0.2) is 188 Å². The second kappa shape index (κ2) is 13.9. The first-order valence-electron chi connectivity index (χ1n) is 16.1. The molecular weight excluding hydrogens is 569 g/mol. The number of nitrogens with zero attached hydrogens (tertiary/aromatic N) is 2. The van der Waals surface area contributed by atoms with Crippen molar-refractivity contribution < 1.29 is 0 Å². The zero-order valence-corrected chi connectivity index (χ0v) is 26.4. The van der Waals surface area contributed by atoms with Gasteiger partial charge in [0.05, 0.1) is 5.69 Å². The first kappa shape index (κ1) is 29.6. The summed E-state index contributed by atoms with van der Waals surface area (Å²) in [6.07, 6.45) is 8.52. The van der Waals surface area contributed by atoms with Gasteiger partial charge in [0.15, 0.2) is 0 Å². The largest absolute Gasteiger partial charge is 0.317 e. The Balaban J connectivity index is 1.24. The third-order valence-corrected chi connectivity index (χ3v) is 8.39. The van der Waals surface area contributed by atoms with Crippen molar-refractivity contribution >= 4 is 51.5 Å². The van der Waals surface area contributed by atoms with E-state index in [1.54, 1.807) is 0 Å². The number of allylic oxidation sites excluding steroid dienone is 2. The number of hydrogen-bond acceptors (Lipinski definition) is 2. The summed E-state index contributed by atoms with van der Waals surface area (Å²) in [6.45, 7) is 2.04. The Morgan fingerprint density at radius 3 is 1.62 bits per heavy atom. The third kappa shape index (κ3) is 6.49. The topological polar surface area (TPSA) is 6.48 Å². The predicted octanol–water partition coefficient (Wildman–Crippen LogP) is 10.9. The van der Waals surface area contributed by atoms with Crippen LogP contribution in [-0.2, 0) is 0 Å². The lowest BCUT2D eigenvalue weighted by Crippen LogP contribution is -2.27. The molecule has 0 amide bonds. The molecule has 0 unspecified atom stereocenters. The average molecular weight is 605 g/mol. The Hall–Kier alpha value is -6.12. The van der Waals surface area contributed by atoms with Crippen molar-refractivity contribution in [3.8, 4) is 11.1 Å². The van der Waals surface area contributed by atoms with Crippen molar-refractivity contribution in [2.24, 2.45) is 0 Å². The standard InChI is InChI=1S/C45H36N2/c1-2-3-15-35-16-10-11-18-39(35)34-46(40-20-6-4-7-21-40)41-30-26-36(27-31-41)37-28-32-43(33-29-37)47(42-22-8-5-9-23-42)45-25-14-19-38-17-12-13-24-44(38)45/h2-34H,1H3/b3-2-,35-15-,39-34+. The summed E-state index contributed by atoms with van der Waals surface area (Å²) in [4.78, 5) is 4.60. The molecular formula is C45H36N2. The fourth-order valence-corrected chi connectivity index (χ4v) is 6.03. The van der Waals surface area contributed by atoms with Gasteiger partial charge in [-0.25, -0.2) is 0 Å². The number of fused-ring (bicyclic) bond motifs is 1. The van der Waals surface area contributed by atoms with Gasteiger partial charge in [-0.1, -0.05) is 140 Å². The molecule has 0 radical (unpaired) electrons. The number of hydrogen-bond donors (Lipinski definition) is 0. The van der Waals surface area contributed by atoms with Gasteiger partial charge in [-0.15, -0.1) is 0 Å². The molecule has 0 aliphatic carbocycles. The normalized spacial score (nSPS) is 12.1. The maximum absolute atomic E-state index is 2.34. The zero-order valence-electron chi connectivity index (χ0n) is 26.4. The van der Waals surface area contributed by atoms with Crippen molar-refractivity contribution in [2.75, 3.05) is 9.80 Å². The van der Waals surface area contributed by atoms with Crippen LogP contribution in [0.3, 0.4) is 0 Å². The minimum absolute atomic E-state index is 1.10. The predicted molar refractivity (Wildman–Crippen MR) is 202 cm³/mol.